The molecule has 1 heterocycles. The lowest BCUT2D eigenvalue weighted by atomic mass is 10.1. The third-order valence-corrected chi connectivity index (χ3v) is 4.18. The van der Waals surface area contributed by atoms with Gasteiger partial charge in [-0.1, -0.05) is 48.0 Å². The minimum absolute atomic E-state index is 0.113. The Morgan fingerprint density at radius 1 is 1.13 bits per heavy atom. The molecule has 2 aromatic carbocycles. The number of para-hydroxylation sites is 1. The van der Waals surface area contributed by atoms with E-state index in [1.807, 2.05) is 61.5 Å². The summed E-state index contributed by atoms with van der Waals surface area (Å²) in [6.45, 7) is 3.07. The highest BCUT2D eigenvalue weighted by Gasteiger charge is 2.37. The zero-order chi connectivity index (χ0) is 16.2. The average molecular weight is 308 g/mol. The molecule has 0 radical (unpaired) electrons. The molecule has 3 rings (SSSR count). The molecule has 1 aliphatic rings. The second-order valence-electron chi connectivity index (χ2n) is 5.87. The van der Waals surface area contributed by atoms with Crippen molar-refractivity contribution in [3.8, 4) is 0 Å². The third-order valence-electron chi connectivity index (χ3n) is 4.18. The minimum Gasteiger partial charge on any atom is -0.351 e. The lowest BCUT2D eigenvalue weighted by Gasteiger charge is -2.16. The second kappa shape index (κ2) is 6.65. The number of nitrogens with zero attached hydrogens (tertiary/aromatic N) is 1. The molecule has 2 aromatic rings. The van der Waals surface area contributed by atoms with E-state index in [0.717, 1.165) is 11.3 Å². The van der Waals surface area contributed by atoms with Crippen LogP contribution in [0.5, 0.6) is 0 Å². The fourth-order valence-corrected chi connectivity index (χ4v) is 2.81. The fraction of sp³-hybridized carbons (Fsp3) is 0.263. The molecule has 1 aliphatic heterocycles. The Morgan fingerprint density at radius 3 is 2.52 bits per heavy atom. The van der Waals surface area contributed by atoms with Crippen molar-refractivity contribution in [2.75, 3.05) is 11.4 Å². The van der Waals surface area contributed by atoms with Crippen LogP contribution >= 0.6 is 0 Å². The number of amides is 2. The lowest BCUT2D eigenvalue weighted by Crippen LogP contribution is -2.36. The molecule has 1 N–H and O–H groups in total. The third kappa shape index (κ3) is 3.42. The fourth-order valence-electron chi connectivity index (χ4n) is 2.81. The first-order chi connectivity index (χ1) is 11.1. The second-order valence-corrected chi connectivity index (χ2v) is 5.87. The quantitative estimate of drug-likeness (QED) is 0.883. The predicted octanol–water partition coefficient (Wildman–Crippen LogP) is 2.66. The molecular weight excluding hydrogens is 288 g/mol. The number of anilines is 1. The molecule has 2 amide bonds. The summed E-state index contributed by atoms with van der Waals surface area (Å²) in [5, 5.41) is 2.88. The van der Waals surface area contributed by atoms with Gasteiger partial charge in [-0.25, -0.2) is 0 Å². The maximum absolute atomic E-state index is 12.5. The summed E-state index contributed by atoms with van der Waals surface area (Å²) in [4.78, 5) is 26.5. The molecule has 1 atom stereocenters. The van der Waals surface area contributed by atoms with Crippen LogP contribution in [0.15, 0.2) is 54.6 Å². The summed E-state index contributed by atoms with van der Waals surface area (Å²) in [6, 6.07) is 17.5. The normalized spacial score (nSPS) is 17.3. The summed E-state index contributed by atoms with van der Waals surface area (Å²) in [6.07, 6.45) is 0.563. The molecule has 0 saturated carbocycles. The van der Waals surface area contributed by atoms with Crippen LogP contribution in [0.4, 0.5) is 5.69 Å². The van der Waals surface area contributed by atoms with Crippen molar-refractivity contribution in [3.63, 3.8) is 0 Å². The average Bonchev–Trinajstić information content (AvgIpc) is 2.96. The molecule has 0 aliphatic carbocycles. The molecule has 4 nitrogen and oxygen atoms in total. The largest absolute Gasteiger partial charge is 0.351 e. The SMILES string of the molecule is Cc1ccc(CNC(=O)[C@@H]2CCN(c3ccccc3)C2=O)cc1. The van der Waals surface area contributed by atoms with Crippen LogP contribution in [0.2, 0.25) is 0 Å². The smallest absolute Gasteiger partial charge is 0.239 e. The Kier molecular flexibility index (Phi) is 4.42. The molecular formula is C19H20N2O2. The standard InChI is InChI=1S/C19H20N2O2/c1-14-7-9-15(10-8-14)13-20-18(22)17-11-12-21(19(17)23)16-5-3-2-4-6-16/h2-10,17H,11-13H2,1H3,(H,20,22)/t17-/m0/s1. The van der Waals surface area contributed by atoms with E-state index in [9.17, 15) is 9.59 Å². The van der Waals surface area contributed by atoms with Gasteiger partial charge in [-0.05, 0) is 31.0 Å². The zero-order valence-electron chi connectivity index (χ0n) is 13.2. The van der Waals surface area contributed by atoms with Gasteiger partial charge in [0, 0.05) is 18.8 Å². The van der Waals surface area contributed by atoms with E-state index >= 15 is 0 Å². The maximum atomic E-state index is 12.5. The highest BCUT2D eigenvalue weighted by atomic mass is 16.2. The van der Waals surface area contributed by atoms with Crippen LogP contribution in [0.3, 0.4) is 0 Å². The van der Waals surface area contributed by atoms with E-state index in [4.69, 9.17) is 0 Å². The highest BCUT2D eigenvalue weighted by Crippen LogP contribution is 2.25. The van der Waals surface area contributed by atoms with Crippen LogP contribution < -0.4 is 10.2 Å². The molecule has 0 aromatic heterocycles. The van der Waals surface area contributed by atoms with Crippen LogP contribution in [0.25, 0.3) is 0 Å². The first-order valence-electron chi connectivity index (χ1n) is 7.85. The van der Waals surface area contributed by atoms with E-state index in [-0.39, 0.29) is 11.8 Å². The van der Waals surface area contributed by atoms with E-state index in [1.54, 1.807) is 4.90 Å². The first-order valence-corrected chi connectivity index (χ1v) is 7.85. The summed E-state index contributed by atoms with van der Waals surface area (Å²) in [5.41, 5.74) is 3.07. The van der Waals surface area contributed by atoms with E-state index in [2.05, 4.69) is 5.32 Å². The van der Waals surface area contributed by atoms with Gasteiger partial charge in [0.05, 0.1) is 0 Å². The molecule has 23 heavy (non-hydrogen) atoms. The van der Waals surface area contributed by atoms with Crippen molar-refractivity contribution in [2.24, 2.45) is 5.92 Å². The number of benzene rings is 2. The van der Waals surface area contributed by atoms with Crippen molar-refractivity contribution in [1.82, 2.24) is 5.32 Å². The summed E-state index contributed by atoms with van der Waals surface area (Å²) >= 11 is 0. The van der Waals surface area contributed by atoms with Gasteiger partial charge in [0.25, 0.3) is 0 Å². The summed E-state index contributed by atoms with van der Waals surface area (Å²) in [5.74, 6) is -0.882. The van der Waals surface area contributed by atoms with Crippen LogP contribution in [-0.4, -0.2) is 18.4 Å². The van der Waals surface area contributed by atoms with Gasteiger partial charge in [-0.15, -0.1) is 0 Å². The Labute approximate surface area is 136 Å². The maximum Gasteiger partial charge on any atom is 0.239 e. The number of rotatable bonds is 4. The monoisotopic (exact) mass is 308 g/mol. The molecule has 0 spiro atoms. The number of carbonyl (C=O) groups is 2. The van der Waals surface area contributed by atoms with Gasteiger partial charge < -0.3 is 10.2 Å². The zero-order valence-corrected chi connectivity index (χ0v) is 13.2. The Bertz CT molecular complexity index is 695. The molecule has 0 bridgehead atoms. The predicted molar refractivity (Wildman–Crippen MR) is 89.9 cm³/mol. The highest BCUT2D eigenvalue weighted by molar-refractivity contribution is 6.09. The minimum atomic E-state index is -0.583. The van der Waals surface area contributed by atoms with E-state index in [1.165, 1.54) is 5.56 Å². The number of carbonyl (C=O) groups excluding carboxylic acids is 2. The first kappa shape index (κ1) is 15.3. The molecule has 1 saturated heterocycles. The van der Waals surface area contributed by atoms with Gasteiger partial charge in [-0.2, -0.15) is 0 Å². The number of hydrogen-bond acceptors (Lipinski definition) is 2. The topological polar surface area (TPSA) is 49.4 Å². The van der Waals surface area contributed by atoms with Gasteiger partial charge in [0.15, 0.2) is 0 Å². The number of hydrogen-bond donors (Lipinski definition) is 1. The molecule has 118 valence electrons. The van der Waals surface area contributed by atoms with E-state index in [0.29, 0.717) is 19.5 Å². The molecule has 1 fully saturated rings. The Balaban J connectivity index is 1.60. The number of nitrogens with one attached hydrogen (secondary N) is 1. The lowest BCUT2D eigenvalue weighted by molar-refractivity contribution is -0.132. The van der Waals surface area contributed by atoms with Gasteiger partial charge in [-0.3, -0.25) is 9.59 Å². The van der Waals surface area contributed by atoms with Crippen LogP contribution in [0, 0.1) is 12.8 Å². The summed E-state index contributed by atoms with van der Waals surface area (Å²) < 4.78 is 0. The summed E-state index contributed by atoms with van der Waals surface area (Å²) in [7, 11) is 0. The van der Waals surface area contributed by atoms with Crippen molar-refractivity contribution in [2.45, 2.75) is 19.9 Å². The van der Waals surface area contributed by atoms with E-state index < -0.39 is 5.92 Å². The van der Waals surface area contributed by atoms with Crippen molar-refractivity contribution in [1.29, 1.82) is 0 Å². The van der Waals surface area contributed by atoms with Crippen LogP contribution in [0.1, 0.15) is 17.5 Å². The molecule has 0 unspecified atom stereocenters. The Hall–Kier alpha value is -2.62. The number of aryl methyl sites for hydroxylation is 1. The van der Waals surface area contributed by atoms with Crippen molar-refractivity contribution >= 4 is 17.5 Å². The van der Waals surface area contributed by atoms with Crippen molar-refractivity contribution in [3.05, 3.63) is 65.7 Å². The molecule has 4 heteroatoms. The van der Waals surface area contributed by atoms with Crippen LogP contribution in [-0.2, 0) is 16.1 Å². The van der Waals surface area contributed by atoms with Gasteiger partial charge in [0.1, 0.15) is 5.92 Å². The van der Waals surface area contributed by atoms with Crippen molar-refractivity contribution < 1.29 is 9.59 Å². The Morgan fingerprint density at radius 2 is 1.83 bits per heavy atom. The van der Waals surface area contributed by atoms with Gasteiger partial charge in [0.2, 0.25) is 11.8 Å². The van der Waals surface area contributed by atoms with Gasteiger partial charge >= 0.3 is 0 Å².